The third-order valence-electron chi connectivity index (χ3n) is 3.25. The average molecular weight is 285 g/mol. The lowest BCUT2D eigenvalue weighted by Gasteiger charge is -2.20. The van der Waals surface area contributed by atoms with E-state index in [2.05, 4.69) is 10.1 Å². The largest absolute Gasteiger partial charge is 0.445 e. The van der Waals surface area contributed by atoms with E-state index in [0.29, 0.717) is 12.8 Å². The first-order chi connectivity index (χ1) is 9.65. The van der Waals surface area contributed by atoms with Crippen molar-refractivity contribution in [3.05, 3.63) is 35.9 Å². The number of halogens is 2. The average Bonchev–Trinajstić information content (AvgIpc) is 2.84. The molecule has 0 saturated heterocycles. The zero-order valence-corrected chi connectivity index (χ0v) is 10.9. The second-order valence-electron chi connectivity index (χ2n) is 4.68. The molecule has 0 unspecified atom stereocenters. The summed E-state index contributed by atoms with van der Waals surface area (Å²) >= 11 is 0. The maximum atomic E-state index is 12.2. The van der Waals surface area contributed by atoms with Crippen LogP contribution in [-0.2, 0) is 16.1 Å². The van der Waals surface area contributed by atoms with E-state index in [-0.39, 0.29) is 6.61 Å². The van der Waals surface area contributed by atoms with Crippen LogP contribution < -0.4 is 5.32 Å². The van der Waals surface area contributed by atoms with Crippen molar-refractivity contribution in [2.24, 2.45) is 0 Å². The van der Waals surface area contributed by atoms with E-state index in [4.69, 9.17) is 4.74 Å². The molecule has 1 fully saturated rings. The van der Waals surface area contributed by atoms with Gasteiger partial charge in [-0.3, -0.25) is 0 Å². The van der Waals surface area contributed by atoms with Crippen LogP contribution in [0, 0.1) is 0 Å². The monoisotopic (exact) mass is 285 g/mol. The lowest BCUT2D eigenvalue weighted by Crippen LogP contribution is -2.41. The molecule has 0 radical (unpaired) electrons. The van der Waals surface area contributed by atoms with Gasteiger partial charge in [0.25, 0.3) is 0 Å². The second-order valence-corrected chi connectivity index (χ2v) is 4.68. The Labute approximate surface area is 116 Å². The van der Waals surface area contributed by atoms with Crippen LogP contribution >= 0.6 is 0 Å². The molecule has 1 amide bonds. The molecule has 110 valence electrons. The number of amides is 1. The van der Waals surface area contributed by atoms with E-state index < -0.39 is 24.9 Å². The van der Waals surface area contributed by atoms with E-state index in [9.17, 15) is 13.6 Å². The van der Waals surface area contributed by atoms with Gasteiger partial charge in [-0.2, -0.15) is 8.78 Å². The van der Waals surface area contributed by atoms with E-state index in [1.165, 1.54) is 0 Å². The number of alkyl halides is 2. The predicted molar refractivity (Wildman–Crippen MR) is 68.3 cm³/mol. The predicted octanol–water partition coefficient (Wildman–Crippen LogP) is 3.07. The van der Waals surface area contributed by atoms with Gasteiger partial charge in [0.2, 0.25) is 0 Å². The van der Waals surface area contributed by atoms with Crippen LogP contribution in [0.25, 0.3) is 0 Å². The van der Waals surface area contributed by atoms with Crippen LogP contribution in [0.15, 0.2) is 30.3 Å². The normalized spacial score (nSPS) is 21.9. The number of carbonyl (C=O) groups is 1. The Morgan fingerprint density at radius 3 is 2.75 bits per heavy atom. The number of alkyl carbamates (subject to hydrolysis) is 1. The first kappa shape index (κ1) is 14.7. The molecule has 1 N–H and O–H groups in total. The minimum Gasteiger partial charge on any atom is -0.445 e. The molecule has 0 heterocycles. The van der Waals surface area contributed by atoms with Gasteiger partial charge in [0.1, 0.15) is 6.61 Å². The molecule has 0 aliphatic heterocycles. The van der Waals surface area contributed by atoms with Crippen molar-refractivity contribution in [1.82, 2.24) is 5.32 Å². The summed E-state index contributed by atoms with van der Waals surface area (Å²) in [6.45, 7) is -2.66. The summed E-state index contributed by atoms with van der Waals surface area (Å²) in [6.07, 6.45) is 0.648. The molecule has 1 aromatic carbocycles. The summed E-state index contributed by atoms with van der Waals surface area (Å²) in [5, 5.41) is 2.59. The first-order valence-electron chi connectivity index (χ1n) is 6.56. The topological polar surface area (TPSA) is 47.6 Å². The van der Waals surface area contributed by atoms with Crippen molar-refractivity contribution >= 4 is 6.09 Å². The quantitative estimate of drug-likeness (QED) is 0.904. The Hall–Kier alpha value is -1.69. The summed E-state index contributed by atoms with van der Waals surface area (Å²) in [5.41, 5.74) is 0.870. The van der Waals surface area contributed by atoms with E-state index in [1.807, 2.05) is 30.3 Å². The third-order valence-corrected chi connectivity index (χ3v) is 3.25. The molecule has 0 spiro atoms. The Bertz CT molecular complexity index is 428. The zero-order chi connectivity index (χ0) is 14.4. The van der Waals surface area contributed by atoms with E-state index in [1.54, 1.807) is 0 Å². The van der Waals surface area contributed by atoms with Crippen molar-refractivity contribution in [2.45, 2.75) is 44.6 Å². The van der Waals surface area contributed by atoms with Gasteiger partial charge >= 0.3 is 12.7 Å². The Kier molecular flexibility index (Phi) is 5.29. The Morgan fingerprint density at radius 2 is 2.05 bits per heavy atom. The zero-order valence-electron chi connectivity index (χ0n) is 10.9. The second kappa shape index (κ2) is 7.19. The maximum absolute atomic E-state index is 12.2. The highest BCUT2D eigenvalue weighted by Crippen LogP contribution is 2.24. The summed E-state index contributed by atoms with van der Waals surface area (Å²) in [4.78, 5) is 11.6. The molecular weight excluding hydrogens is 268 g/mol. The van der Waals surface area contributed by atoms with Crippen LogP contribution in [0.2, 0.25) is 0 Å². The minimum absolute atomic E-state index is 0.153. The molecule has 1 saturated carbocycles. The number of benzene rings is 1. The summed E-state index contributed by atoms with van der Waals surface area (Å²) < 4.78 is 33.9. The van der Waals surface area contributed by atoms with Gasteiger partial charge in [-0.25, -0.2) is 4.79 Å². The third kappa shape index (κ3) is 4.45. The molecule has 0 bridgehead atoms. The van der Waals surface area contributed by atoms with Crippen molar-refractivity contribution < 1.29 is 23.0 Å². The molecule has 6 heteroatoms. The van der Waals surface area contributed by atoms with Crippen molar-refractivity contribution in [3.8, 4) is 0 Å². The fourth-order valence-electron chi connectivity index (χ4n) is 2.30. The summed E-state index contributed by atoms with van der Waals surface area (Å²) in [7, 11) is 0. The van der Waals surface area contributed by atoms with Gasteiger partial charge < -0.3 is 14.8 Å². The van der Waals surface area contributed by atoms with E-state index in [0.717, 1.165) is 12.0 Å². The van der Waals surface area contributed by atoms with Gasteiger partial charge in [0, 0.05) is 0 Å². The fraction of sp³-hybridized carbons (Fsp3) is 0.500. The van der Waals surface area contributed by atoms with Crippen LogP contribution in [0.1, 0.15) is 24.8 Å². The Morgan fingerprint density at radius 1 is 1.30 bits per heavy atom. The molecule has 1 aliphatic carbocycles. The fourth-order valence-corrected chi connectivity index (χ4v) is 2.30. The molecule has 2 rings (SSSR count). The van der Waals surface area contributed by atoms with Crippen LogP contribution in [0.4, 0.5) is 13.6 Å². The number of nitrogens with one attached hydrogen (secondary N) is 1. The minimum atomic E-state index is -2.82. The number of hydrogen-bond donors (Lipinski definition) is 1. The van der Waals surface area contributed by atoms with E-state index >= 15 is 0 Å². The summed E-state index contributed by atoms with van der Waals surface area (Å²) in [6, 6.07) is 8.83. The highest BCUT2D eigenvalue weighted by atomic mass is 19.3. The number of carbonyl (C=O) groups excluding carboxylic acids is 1. The van der Waals surface area contributed by atoms with Crippen molar-refractivity contribution in [1.29, 1.82) is 0 Å². The standard InChI is InChI=1S/C14H17F2NO3/c15-13(16)20-12-8-4-7-11(12)17-14(18)19-9-10-5-2-1-3-6-10/h1-3,5-6,11-13H,4,7-9H2,(H,17,18)/t11-,12-/m0/s1. The Balaban J connectivity index is 1.76. The van der Waals surface area contributed by atoms with Crippen LogP contribution in [0.3, 0.4) is 0 Å². The molecule has 20 heavy (non-hydrogen) atoms. The molecule has 0 aromatic heterocycles. The number of rotatable bonds is 5. The lowest BCUT2D eigenvalue weighted by atomic mass is 10.2. The summed E-state index contributed by atoms with van der Waals surface area (Å²) in [5.74, 6) is 0. The highest BCUT2D eigenvalue weighted by Gasteiger charge is 2.31. The van der Waals surface area contributed by atoms with Gasteiger partial charge in [-0.15, -0.1) is 0 Å². The highest BCUT2D eigenvalue weighted by molar-refractivity contribution is 5.67. The van der Waals surface area contributed by atoms with Crippen LogP contribution in [0.5, 0.6) is 0 Å². The SMILES string of the molecule is O=C(N[C@H]1CCC[C@@H]1OC(F)F)OCc1ccccc1. The number of hydrogen-bond acceptors (Lipinski definition) is 3. The van der Waals surface area contributed by atoms with Crippen molar-refractivity contribution in [2.75, 3.05) is 0 Å². The molecular formula is C14H17F2NO3. The van der Waals surface area contributed by atoms with Gasteiger partial charge in [0.05, 0.1) is 12.1 Å². The molecule has 1 aromatic rings. The molecule has 2 atom stereocenters. The first-order valence-corrected chi connectivity index (χ1v) is 6.56. The number of ether oxygens (including phenoxy) is 2. The maximum Gasteiger partial charge on any atom is 0.407 e. The lowest BCUT2D eigenvalue weighted by molar-refractivity contribution is -0.165. The smallest absolute Gasteiger partial charge is 0.407 e. The van der Waals surface area contributed by atoms with Gasteiger partial charge in [-0.05, 0) is 24.8 Å². The van der Waals surface area contributed by atoms with Crippen molar-refractivity contribution in [3.63, 3.8) is 0 Å². The molecule has 4 nitrogen and oxygen atoms in total. The van der Waals surface area contributed by atoms with Gasteiger partial charge in [-0.1, -0.05) is 30.3 Å². The molecule has 1 aliphatic rings. The van der Waals surface area contributed by atoms with Crippen LogP contribution in [-0.4, -0.2) is 24.9 Å². The van der Waals surface area contributed by atoms with Gasteiger partial charge in [0.15, 0.2) is 0 Å².